The molecule has 2 rings (SSSR count). The second-order valence-corrected chi connectivity index (χ2v) is 5.85. The Morgan fingerprint density at radius 2 is 1.95 bits per heavy atom. The standard InChI is InChI=1S/C16H23FN2O/c1-4-5-14-16(20)19(10-11(2)3)15(18-14)12-6-8-13(17)9-7-12/h6-9,11,14-15,18H,4-5,10H2,1-3H3. The quantitative estimate of drug-likeness (QED) is 0.897. The van der Waals surface area contributed by atoms with Crippen molar-refractivity contribution < 1.29 is 9.18 Å². The van der Waals surface area contributed by atoms with E-state index in [0.717, 1.165) is 18.4 Å². The molecular formula is C16H23FN2O. The van der Waals surface area contributed by atoms with Gasteiger partial charge in [0, 0.05) is 6.54 Å². The molecule has 20 heavy (non-hydrogen) atoms. The Kier molecular flexibility index (Phi) is 4.76. The van der Waals surface area contributed by atoms with Gasteiger partial charge in [0.25, 0.3) is 0 Å². The second-order valence-electron chi connectivity index (χ2n) is 5.85. The molecule has 0 radical (unpaired) electrons. The van der Waals surface area contributed by atoms with E-state index in [0.29, 0.717) is 12.5 Å². The van der Waals surface area contributed by atoms with Crippen LogP contribution in [0.2, 0.25) is 0 Å². The number of amides is 1. The van der Waals surface area contributed by atoms with Crippen LogP contribution in [0, 0.1) is 11.7 Å². The Morgan fingerprint density at radius 3 is 2.50 bits per heavy atom. The molecule has 0 spiro atoms. The van der Waals surface area contributed by atoms with Gasteiger partial charge in [-0.25, -0.2) is 4.39 Å². The normalized spacial score (nSPS) is 22.9. The number of carbonyl (C=O) groups is 1. The fourth-order valence-corrected chi connectivity index (χ4v) is 2.68. The third kappa shape index (κ3) is 3.18. The molecule has 1 aromatic carbocycles. The summed E-state index contributed by atoms with van der Waals surface area (Å²) < 4.78 is 13.1. The molecule has 0 aromatic heterocycles. The summed E-state index contributed by atoms with van der Waals surface area (Å²) in [5.74, 6) is 0.317. The molecule has 1 heterocycles. The van der Waals surface area contributed by atoms with Crippen LogP contribution in [0.1, 0.15) is 45.3 Å². The van der Waals surface area contributed by atoms with Crippen molar-refractivity contribution in [2.24, 2.45) is 5.92 Å². The van der Waals surface area contributed by atoms with E-state index in [1.807, 2.05) is 4.90 Å². The molecule has 0 bridgehead atoms. The van der Waals surface area contributed by atoms with E-state index in [-0.39, 0.29) is 23.9 Å². The van der Waals surface area contributed by atoms with Gasteiger partial charge in [0.2, 0.25) is 5.91 Å². The van der Waals surface area contributed by atoms with Gasteiger partial charge in [-0.2, -0.15) is 0 Å². The van der Waals surface area contributed by atoms with Gasteiger partial charge in [-0.3, -0.25) is 10.1 Å². The van der Waals surface area contributed by atoms with E-state index in [4.69, 9.17) is 0 Å². The molecule has 2 unspecified atom stereocenters. The maximum absolute atomic E-state index is 13.1. The SMILES string of the molecule is CCCC1NC(c2ccc(F)cc2)N(CC(C)C)C1=O. The number of carbonyl (C=O) groups excluding carboxylic acids is 1. The topological polar surface area (TPSA) is 32.3 Å². The third-order valence-electron chi connectivity index (χ3n) is 3.58. The average molecular weight is 278 g/mol. The zero-order valence-corrected chi connectivity index (χ0v) is 12.4. The Morgan fingerprint density at radius 1 is 1.30 bits per heavy atom. The molecule has 110 valence electrons. The van der Waals surface area contributed by atoms with Crippen LogP contribution in [-0.2, 0) is 4.79 Å². The summed E-state index contributed by atoms with van der Waals surface area (Å²) in [6.45, 7) is 6.99. The maximum Gasteiger partial charge on any atom is 0.241 e. The van der Waals surface area contributed by atoms with Crippen LogP contribution < -0.4 is 5.32 Å². The summed E-state index contributed by atoms with van der Waals surface area (Å²) in [6, 6.07) is 6.28. The fraction of sp³-hybridized carbons (Fsp3) is 0.562. The number of nitrogens with zero attached hydrogens (tertiary/aromatic N) is 1. The molecule has 1 fully saturated rings. The molecule has 2 atom stereocenters. The van der Waals surface area contributed by atoms with E-state index in [1.54, 1.807) is 12.1 Å². The lowest BCUT2D eigenvalue weighted by Gasteiger charge is -2.26. The summed E-state index contributed by atoms with van der Waals surface area (Å²) in [5.41, 5.74) is 0.944. The van der Waals surface area contributed by atoms with Crippen LogP contribution in [0.25, 0.3) is 0 Å². The number of hydrogen-bond donors (Lipinski definition) is 1. The van der Waals surface area contributed by atoms with Crippen molar-refractivity contribution in [3.05, 3.63) is 35.6 Å². The zero-order chi connectivity index (χ0) is 14.7. The summed E-state index contributed by atoms with van der Waals surface area (Å²) in [5, 5.41) is 3.39. The lowest BCUT2D eigenvalue weighted by Crippen LogP contribution is -2.34. The highest BCUT2D eigenvalue weighted by molar-refractivity contribution is 5.84. The van der Waals surface area contributed by atoms with Gasteiger partial charge in [0.05, 0.1) is 6.04 Å². The Balaban J connectivity index is 2.23. The van der Waals surface area contributed by atoms with Crippen molar-refractivity contribution in [3.63, 3.8) is 0 Å². The van der Waals surface area contributed by atoms with E-state index in [9.17, 15) is 9.18 Å². The molecule has 1 amide bonds. The van der Waals surface area contributed by atoms with Gasteiger partial charge in [-0.05, 0) is 30.0 Å². The van der Waals surface area contributed by atoms with E-state index >= 15 is 0 Å². The molecule has 1 aliphatic rings. The van der Waals surface area contributed by atoms with Gasteiger partial charge < -0.3 is 4.90 Å². The highest BCUT2D eigenvalue weighted by atomic mass is 19.1. The van der Waals surface area contributed by atoms with Crippen LogP contribution in [0.5, 0.6) is 0 Å². The summed E-state index contributed by atoms with van der Waals surface area (Å²) in [7, 11) is 0. The van der Waals surface area contributed by atoms with Crippen molar-refractivity contribution in [3.8, 4) is 0 Å². The van der Waals surface area contributed by atoms with Crippen LogP contribution in [0.3, 0.4) is 0 Å². The fourth-order valence-electron chi connectivity index (χ4n) is 2.68. The Labute approximate surface area is 120 Å². The lowest BCUT2D eigenvalue weighted by molar-refractivity contribution is -0.130. The highest BCUT2D eigenvalue weighted by Crippen LogP contribution is 2.28. The minimum Gasteiger partial charge on any atom is -0.321 e. The zero-order valence-electron chi connectivity index (χ0n) is 12.4. The molecule has 4 heteroatoms. The minimum atomic E-state index is -0.251. The van der Waals surface area contributed by atoms with Crippen LogP contribution in [0.4, 0.5) is 4.39 Å². The first-order valence-corrected chi connectivity index (χ1v) is 7.35. The van der Waals surface area contributed by atoms with Crippen molar-refractivity contribution >= 4 is 5.91 Å². The highest BCUT2D eigenvalue weighted by Gasteiger charge is 2.38. The van der Waals surface area contributed by atoms with Crippen molar-refractivity contribution in [2.45, 2.75) is 45.8 Å². The maximum atomic E-state index is 13.1. The first-order valence-electron chi connectivity index (χ1n) is 7.35. The molecule has 3 nitrogen and oxygen atoms in total. The molecule has 1 aliphatic heterocycles. The largest absolute Gasteiger partial charge is 0.321 e. The number of nitrogens with one attached hydrogen (secondary N) is 1. The molecule has 0 saturated carbocycles. The first-order chi connectivity index (χ1) is 9.52. The monoisotopic (exact) mass is 278 g/mol. The molecule has 1 aromatic rings. The summed E-state index contributed by atoms with van der Waals surface area (Å²) in [6.07, 6.45) is 1.67. The van der Waals surface area contributed by atoms with Gasteiger partial charge >= 0.3 is 0 Å². The Bertz CT molecular complexity index is 458. The molecule has 1 saturated heterocycles. The minimum absolute atomic E-state index is 0.117. The average Bonchev–Trinajstić information content (AvgIpc) is 2.69. The first kappa shape index (κ1) is 15.0. The van der Waals surface area contributed by atoms with Crippen LogP contribution in [-0.4, -0.2) is 23.4 Å². The van der Waals surface area contributed by atoms with E-state index in [2.05, 4.69) is 26.1 Å². The van der Waals surface area contributed by atoms with Gasteiger partial charge in [0.1, 0.15) is 12.0 Å². The summed E-state index contributed by atoms with van der Waals surface area (Å²) >= 11 is 0. The van der Waals surface area contributed by atoms with Crippen LogP contribution in [0.15, 0.2) is 24.3 Å². The van der Waals surface area contributed by atoms with E-state index < -0.39 is 0 Å². The van der Waals surface area contributed by atoms with Crippen molar-refractivity contribution in [2.75, 3.05) is 6.54 Å². The number of rotatable bonds is 5. The smallest absolute Gasteiger partial charge is 0.241 e. The molecule has 1 N–H and O–H groups in total. The summed E-state index contributed by atoms with van der Waals surface area (Å²) in [4.78, 5) is 14.4. The number of hydrogen-bond acceptors (Lipinski definition) is 2. The van der Waals surface area contributed by atoms with Gasteiger partial charge in [-0.15, -0.1) is 0 Å². The van der Waals surface area contributed by atoms with Crippen molar-refractivity contribution in [1.29, 1.82) is 0 Å². The molecule has 0 aliphatic carbocycles. The lowest BCUT2D eigenvalue weighted by atomic mass is 10.1. The second kappa shape index (κ2) is 6.35. The Hall–Kier alpha value is -1.42. The molecular weight excluding hydrogens is 255 g/mol. The van der Waals surface area contributed by atoms with Crippen molar-refractivity contribution in [1.82, 2.24) is 10.2 Å². The number of benzene rings is 1. The van der Waals surface area contributed by atoms with E-state index in [1.165, 1.54) is 12.1 Å². The van der Waals surface area contributed by atoms with Gasteiger partial charge in [0.15, 0.2) is 0 Å². The third-order valence-corrected chi connectivity index (χ3v) is 3.58. The predicted molar refractivity (Wildman–Crippen MR) is 77.5 cm³/mol. The van der Waals surface area contributed by atoms with Crippen LogP contribution >= 0.6 is 0 Å². The number of halogens is 1. The van der Waals surface area contributed by atoms with Gasteiger partial charge in [-0.1, -0.05) is 39.3 Å². The predicted octanol–water partition coefficient (Wildman–Crippen LogP) is 3.08.